The van der Waals surface area contributed by atoms with E-state index in [0.717, 1.165) is 22.2 Å². The van der Waals surface area contributed by atoms with Gasteiger partial charge in [-0.25, -0.2) is 9.97 Å². The number of rotatable bonds is 2. The van der Waals surface area contributed by atoms with Crippen molar-refractivity contribution in [3.63, 3.8) is 0 Å². The van der Waals surface area contributed by atoms with Gasteiger partial charge < -0.3 is 10.2 Å². The van der Waals surface area contributed by atoms with E-state index in [0.29, 0.717) is 17.4 Å². The molecule has 4 nitrogen and oxygen atoms in total. The Hall–Kier alpha value is -1.36. The van der Waals surface area contributed by atoms with Gasteiger partial charge in [0.05, 0.1) is 16.4 Å². The van der Waals surface area contributed by atoms with E-state index in [1.54, 1.807) is 6.26 Å². The van der Waals surface area contributed by atoms with E-state index >= 15 is 0 Å². The molecule has 0 radical (unpaired) electrons. The number of nitrogens with two attached hydrogens (primary N) is 1. The average Bonchev–Trinajstić information content (AvgIpc) is 2.68. The molecule has 2 aromatic rings. The molecule has 2 aromatic heterocycles. The number of nitrogen functional groups attached to an aromatic ring is 1. The lowest BCUT2D eigenvalue weighted by Crippen LogP contribution is -2.02. The van der Waals surface area contributed by atoms with Gasteiger partial charge in [-0.1, -0.05) is 6.92 Å². The number of aromatic nitrogens is 2. The Morgan fingerprint density at radius 2 is 2.19 bits per heavy atom. The number of hydrogen-bond acceptors (Lipinski definition) is 4. The Morgan fingerprint density at radius 3 is 2.75 bits per heavy atom. The minimum Gasteiger partial charge on any atom is -0.461 e. The summed E-state index contributed by atoms with van der Waals surface area (Å²) in [6, 6.07) is 1.88. The van der Waals surface area contributed by atoms with Gasteiger partial charge in [0.15, 0.2) is 11.6 Å². The Labute approximate surface area is 102 Å². The second-order valence-electron chi connectivity index (χ2n) is 3.48. The standard InChI is InChI=1S/C11H12BrN3O/c1-3-7-8(12)10(13)15-11(14-7)9-6(2)4-5-16-9/h4-5H,3H2,1-2H3,(H2,13,14,15). The second kappa shape index (κ2) is 4.25. The van der Waals surface area contributed by atoms with Gasteiger partial charge in [-0.15, -0.1) is 0 Å². The normalized spacial score (nSPS) is 10.7. The maximum atomic E-state index is 5.81. The lowest BCUT2D eigenvalue weighted by Gasteiger charge is -2.06. The van der Waals surface area contributed by atoms with E-state index < -0.39 is 0 Å². The van der Waals surface area contributed by atoms with Crippen LogP contribution in [0.2, 0.25) is 0 Å². The Morgan fingerprint density at radius 1 is 1.44 bits per heavy atom. The first-order chi connectivity index (χ1) is 7.63. The monoisotopic (exact) mass is 281 g/mol. The van der Waals surface area contributed by atoms with Crippen LogP contribution < -0.4 is 5.73 Å². The molecule has 0 aliphatic carbocycles. The summed E-state index contributed by atoms with van der Waals surface area (Å²) in [5, 5.41) is 0. The Balaban J connectivity index is 2.59. The van der Waals surface area contributed by atoms with Crippen molar-refractivity contribution >= 4 is 21.7 Å². The van der Waals surface area contributed by atoms with Gasteiger partial charge in [-0.3, -0.25) is 0 Å². The largest absolute Gasteiger partial charge is 0.461 e. The maximum Gasteiger partial charge on any atom is 0.198 e. The number of nitrogens with zero attached hydrogens (tertiary/aromatic N) is 2. The fourth-order valence-electron chi connectivity index (χ4n) is 1.45. The van der Waals surface area contributed by atoms with E-state index in [9.17, 15) is 0 Å². The van der Waals surface area contributed by atoms with Crippen molar-refractivity contribution < 1.29 is 4.42 Å². The van der Waals surface area contributed by atoms with Crippen molar-refractivity contribution in [2.24, 2.45) is 0 Å². The minimum absolute atomic E-state index is 0.442. The number of aryl methyl sites for hydroxylation is 2. The van der Waals surface area contributed by atoms with Crippen molar-refractivity contribution in [3.05, 3.63) is 28.1 Å². The van der Waals surface area contributed by atoms with Gasteiger partial charge in [0.2, 0.25) is 0 Å². The topological polar surface area (TPSA) is 64.9 Å². The van der Waals surface area contributed by atoms with Crippen LogP contribution >= 0.6 is 15.9 Å². The summed E-state index contributed by atoms with van der Waals surface area (Å²) in [7, 11) is 0. The minimum atomic E-state index is 0.442. The van der Waals surface area contributed by atoms with Crippen LogP contribution in [-0.2, 0) is 6.42 Å². The van der Waals surface area contributed by atoms with E-state index in [1.165, 1.54) is 0 Å². The summed E-state index contributed by atoms with van der Waals surface area (Å²) in [6.45, 7) is 3.97. The number of hydrogen-bond donors (Lipinski definition) is 1. The molecule has 5 heteroatoms. The van der Waals surface area contributed by atoms with Crippen LogP contribution in [-0.4, -0.2) is 9.97 Å². The highest BCUT2D eigenvalue weighted by atomic mass is 79.9. The predicted molar refractivity (Wildman–Crippen MR) is 66.0 cm³/mol. The third kappa shape index (κ3) is 1.82. The Kier molecular flexibility index (Phi) is 2.96. The van der Waals surface area contributed by atoms with E-state index in [1.807, 2.05) is 19.9 Å². The van der Waals surface area contributed by atoms with Crippen molar-refractivity contribution in [3.8, 4) is 11.6 Å². The zero-order valence-electron chi connectivity index (χ0n) is 9.12. The highest BCUT2D eigenvalue weighted by Crippen LogP contribution is 2.27. The van der Waals surface area contributed by atoms with E-state index in [4.69, 9.17) is 10.2 Å². The van der Waals surface area contributed by atoms with E-state index in [2.05, 4.69) is 25.9 Å². The molecule has 2 N–H and O–H groups in total. The number of halogens is 1. The first-order valence-electron chi connectivity index (χ1n) is 4.99. The molecule has 0 amide bonds. The fourth-order valence-corrected chi connectivity index (χ4v) is 1.91. The van der Waals surface area contributed by atoms with Gasteiger partial charge in [0, 0.05) is 0 Å². The Bertz CT molecular complexity index is 522. The van der Waals surface area contributed by atoms with Gasteiger partial charge in [-0.2, -0.15) is 0 Å². The molecule has 0 aliphatic heterocycles. The molecule has 0 saturated heterocycles. The van der Waals surface area contributed by atoms with Gasteiger partial charge in [0.25, 0.3) is 0 Å². The van der Waals surface area contributed by atoms with Crippen molar-refractivity contribution in [1.29, 1.82) is 0 Å². The summed E-state index contributed by atoms with van der Waals surface area (Å²) in [4.78, 5) is 8.63. The van der Waals surface area contributed by atoms with Crippen LogP contribution in [0.3, 0.4) is 0 Å². The fraction of sp³-hybridized carbons (Fsp3) is 0.273. The van der Waals surface area contributed by atoms with Crippen molar-refractivity contribution in [1.82, 2.24) is 9.97 Å². The lowest BCUT2D eigenvalue weighted by atomic mass is 10.2. The molecule has 16 heavy (non-hydrogen) atoms. The molecular weight excluding hydrogens is 270 g/mol. The van der Waals surface area contributed by atoms with Crippen LogP contribution in [0, 0.1) is 6.92 Å². The molecule has 0 bridgehead atoms. The third-order valence-corrected chi connectivity index (χ3v) is 3.21. The smallest absolute Gasteiger partial charge is 0.198 e. The summed E-state index contributed by atoms with van der Waals surface area (Å²) in [6.07, 6.45) is 2.41. The highest BCUT2D eigenvalue weighted by Gasteiger charge is 2.13. The summed E-state index contributed by atoms with van der Waals surface area (Å²) in [5.74, 6) is 1.66. The molecule has 0 aromatic carbocycles. The summed E-state index contributed by atoms with van der Waals surface area (Å²) >= 11 is 3.38. The number of furan rings is 1. The summed E-state index contributed by atoms with van der Waals surface area (Å²) < 4.78 is 6.12. The molecule has 0 fully saturated rings. The van der Waals surface area contributed by atoms with Gasteiger partial charge in [0.1, 0.15) is 5.82 Å². The van der Waals surface area contributed by atoms with Crippen LogP contribution in [0.25, 0.3) is 11.6 Å². The van der Waals surface area contributed by atoms with Gasteiger partial charge in [-0.05, 0) is 40.9 Å². The summed E-state index contributed by atoms with van der Waals surface area (Å²) in [5.41, 5.74) is 7.70. The zero-order chi connectivity index (χ0) is 11.7. The molecular formula is C11H12BrN3O. The molecule has 84 valence electrons. The highest BCUT2D eigenvalue weighted by molar-refractivity contribution is 9.10. The van der Waals surface area contributed by atoms with Crippen LogP contribution in [0.15, 0.2) is 21.2 Å². The first-order valence-corrected chi connectivity index (χ1v) is 5.79. The maximum absolute atomic E-state index is 5.81. The third-order valence-electron chi connectivity index (χ3n) is 2.35. The lowest BCUT2D eigenvalue weighted by molar-refractivity contribution is 0.575. The van der Waals surface area contributed by atoms with E-state index in [-0.39, 0.29) is 0 Å². The van der Waals surface area contributed by atoms with Crippen molar-refractivity contribution in [2.45, 2.75) is 20.3 Å². The van der Waals surface area contributed by atoms with Crippen LogP contribution in [0.5, 0.6) is 0 Å². The predicted octanol–water partition coefficient (Wildman–Crippen LogP) is 2.95. The number of anilines is 1. The molecule has 0 atom stereocenters. The average molecular weight is 282 g/mol. The first kappa shape index (κ1) is 11.1. The second-order valence-corrected chi connectivity index (χ2v) is 4.27. The molecule has 0 aliphatic rings. The van der Waals surface area contributed by atoms with Crippen LogP contribution in [0.4, 0.5) is 5.82 Å². The van der Waals surface area contributed by atoms with Crippen molar-refractivity contribution in [2.75, 3.05) is 5.73 Å². The van der Waals surface area contributed by atoms with Crippen LogP contribution in [0.1, 0.15) is 18.2 Å². The molecule has 2 rings (SSSR count). The SMILES string of the molecule is CCc1nc(-c2occc2C)nc(N)c1Br. The van der Waals surface area contributed by atoms with Gasteiger partial charge >= 0.3 is 0 Å². The molecule has 0 spiro atoms. The molecule has 0 saturated carbocycles. The molecule has 2 heterocycles. The molecule has 0 unspecified atom stereocenters. The zero-order valence-corrected chi connectivity index (χ0v) is 10.7. The quantitative estimate of drug-likeness (QED) is 0.919.